The Morgan fingerprint density at radius 1 is 1.14 bits per heavy atom. The lowest BCUT2D eigenvalue weighted by molar-refractivity contribution is 0.0240. The summed E-state index contributed by atoms with van der Waals surface area (Å²) in [7, 11) is -3.65. The summed E-state index contributed by atoms with van der Waals surface area (Å²) in [5, 5.41) is 0. The number of rotatable bonds is 5. The average molecular weight is 413 g/mol. The number of anilines is 2. The van der Waals surface area contributed by atoms with E-state index in [0.29, 0.717) is 50.6 Å². The van der Waals surface area contributed by atoms with E-state index in [0.717, 1.165) is 0 Å². The second kappa shape index (κ2) is 8.57. The first kappa shape index (κ1) is 22.3. The van der Waals surface area contributed by atoms with E-state index in [1.54, 1.807) is 17.0 Å². The molecule has 0 spiro atoms. The molecule has 0 unspecified atom stereocenters. The van der Waals surface area contributed by atoms with E-state index < -0.39 is 15.6 Å². The number of hydrogen-bond donors (Lipinski definition) is 1. The first-order valence-corrected chi connectivity index (χ1v) is 11.1. The molecule has 1 aromatic rings. The lowest BCUT2D eigenvalue weighted by Gasteiger charge is -2.37. The highest BCUT2D eigenvalue weighted by Crippen LogP contribution is 2.31. The fourth-order valence-corrected chi connectivity index (χ4v) is 4.86. The van der Waals surface area contributed by atoms with Crippen molar-refractivity contribution in [1.29, 1.82) is 0 Å². The molecule has 1 aliphatic heterocycles. The highest BCUT2D eigenvalue weighted by atomic mass is 32.2. The Kier molecular flexibility index (Phi) is 6.82. The van der Waals surface area contributed by atoms with E-state index in [1.807, 2.05) is 39.5 Å². The molecule has 1 saturated heterocycles. The summed E-state index contributed by atoms with van der Waals surface area (Å²) in [6.45, 7) is 11.9. The van der Waals surface area contributed by atoms with Crippen LogP contribution in [0.1, 0.15) is 34.6 Å². The average Bonchev–Trinajstić information content (AvgIpc) is 2.61. The number of ether oxygens (including phenoxy) is 1. The monoisotopic (exact) mass is 412 g/mol. The number of amides is 1. The van der Waals surface area contributed by atoms with Crippen molar-refractivity contribution in [3.05, 3.63) is 18.2 Å². The van der Waals surface area contributed by atoms with Crippen LogP contribution in [0, 0.1) is 0 Å². The first-order valence-electron chi connectivity index (χ1n) is 9.62. The topological polar surface area (TPSA) is 96.2 Å². The Bertz CT molecular complexity index is 793. The fourth-order valence-electron chi connectivity index (χ4n) is 3.16. The van der Waals surface area contributed by atoms with E-state index in [1.165, 1.54) is 10.4 Å². The summed E-state index contributed by atoms with van der Waals surface area (Å²) in [5.41, 5.74) is 6.36. The smallest absolute Gasteiger partial charge is 0.410 e. The van der Waals surface area contributed by atoms with Gasteiger partial charge in [0.15, 0.2) is 0 Å². The maximum absolute atomic E-state index is 13.1. The van der Waals surface area contributed by atoms with Gasteiger partial charge in [0.25, 0.3) is 0 Å². The van der Waals surface area contributed by atoms with Gasteiger partial charge in [0.05, 0.1) is 5.69 Å². The van der Waals surface area contributed by atoms with Gasteiger partial charge in [-0.25, -0.2) is 13.2 Å². The quantitative estimate of drug-likeness (QED) is 0.746. The van der Waals surface area contributed by atoms with E-state index in [-0.39, 0.29) is 11.0 Å². The molecule has 0 bridgehead atoms. The van der Waals surface area contributed by atoms with Crippen LogP contribution in [0.25, 0.3) is 0 Å². The van der Waals surface area contributed by atoms with Crippen LogP contribution in [-0.2, 0) is 14.8 Å². The fraction of sp³-hybridized carbons (Fsp3) is 0.632. The zero-order chi connectivity index (χ0) is 21.1. The normalized spacial score (nSPS) is 15.8. The van der Waals surface area contributed by atoms with Crippen LogP contribution in [0.5, 0.6) is 0 Å². The van der Waals surface area contributed by atoms with Gasteiger partial charge in [0, 0.05) is 45.0 Å². The van der Waals surface area contributed by atoms with Gasteiger partial charge in [0.1, 0.15) is 10.5 Å². The number of nitrogens with zero attached hydrogens (tertiary/aromatic N) is 3. The number of carbonyl (C=O) groups excluding carboxylic acids is 1. The summed E-state index contributed by atoms with van der Waals surface area (Å²) < 4.78 is 33.0. The van der Waals surface area contributed by atoms with Gasteiger partial charge < -0.3 is 20.3 Å². The molecule has 1 aliphatic rings. The summed E-state index contributed by atoms with van der Waals surface area (Å²) in [6, 6.07) is 4.97. The lowest BCUT2D eigenvalue weighted by Crippen LogP contribution is -2.50. The summed E-state index contributed by atoms with van der Waals surface area (Å²) >= 11 is 0. The molecule has 1 aromatic carbocycles. The molecule has 2 N–H and O–H groups in total. The Morgan fingerprint density at radius 3 is 2.21 bits per heavy atom. The number of nitrogen functional groups attached to an aromatic ring is 1. The molecule has 158 valence electrons. The lowest BCUT2D eigenvalue weighted by atomic mass is 10.2. The van der Waals surface area contributed by atoms with Crippen LogP contribution in [-0.4, -0.2) is 68.6 Å². The minimum Gasteiger partial charge on any atom is -0.444 e. The number of nitrogens with two attached hydrogens (primary N) is 1. The van der Waals surface area contributed by atoms with Crippen molar-refractivity contribution in [3.8, 4) is 0 Å². The SMILES string of the molecule is CCN(CC)S(=O)(=O)c1cc(N)ccc1N1CCN(C(=O)OC(C)(C)C)CC1. The number of hydrogen-bond acceptors (Lipinski definition) is 6. The number of carbonyl (C=O) groups is 1. The van der Waals surface area contributed by atoms with Gasteiger partial charge in [-0.15, -0.1) is 0 Å². The highest BCUT2D eigenvalue weighted by molar-refractivity contribution is 7.89. The van der Waals surface area contributed by atoms with Crippen LogP contribution >= 0.6 is 0 Å². The predicted molar refractivity (Wildman–Crippen MR) is 111 cm³/mol. The summed E-state index contributed by atoms with van der Waals surface area (Å²) in [4.78, 5) is 16.1. The molecule has 28 heavy (non-hydrogen) atoms. The van der Waals surface area contributed by atoms with Crippen LogP contribution in [0.2, 0.25) is 0 Å². The summed E-state index contributed by atoms with van der Waals surface area (Å²) in [6.07, 6.45) is -0.347. The Balaban J connectivity index is 2.23. The number of benzene rings is 1. The van der Waals surface area contributed by atoms with Crippen molar-refractivity contribution in [1.82, 2.24) is 9.21 Å². The molecule has 0 radical (unpaired) electrons. The predicted octanol–water partition coefficient (Wildman–Crippen LogP) is 2.36. The van der Waals surface area contributed by atoms with E-state index >= 15 is 0 Å². The third-order valence-corrected chi connectivity index (χ3v) is 6.66. The van der Waals surface area contributed by atoms with Gasteiger partial charge in [0.2, 0.25) is 10.0 Å². The largest absolute Gasteiger partial charge is 0.444 e. The molecule has 1 amide bonds. The van der Waals surface area contributed by atoms with Crippen LogP contribution in [0.15, 0.2) is 23.1 Å². The molecule has 0 aliphatic carbocycles. The molecule has 1 heterocycles. The third kappa shape index (κ3) is 5.08. The van der Waals surface area contributed by atoms with E-state index in [9.17, 15) is 13.2 Å². The summed E-state index contributed by atoms with van der Waals surface area (Å²) in [5.74, 6) is 0. The molecule has 0 aromatic heterocycles. The van der Waals surface area contributed by atoms with Gasteiger partial charge in [-0.2, -0.15) is 4.31 Å². The van der Waals surface area contributed by atoms with Crippen molar-refractivity contribution in [2.45, 2.75) is 45.1 Å². The second-order valence-corrected chi connectivity index (χ2v) is 9.68. The molecule has 1 fully saturated rings. The van der Waals surface area contributed by atoms with Gasteiger partial charge in [-0.1, -0.05) is 13.8 Å². The van der Waals surface area contributed by atoms with E-state index in [2.05, 4.69) is 0 Å². The Labute approximate surface area is 168 Å². The molecule has 0 atom stereocenters. The Morgan fingerprint density at radius 2 is 1.71 bits per heavy atom. The first-order chi connectivity index (χ1) is 13.0. The van der Waals surface area contributed by atoms with Crippen molar-refractivity contribution >= 4 is 27.5 Å². The molecular weight excluding hydrogens is 380 g/mol. The van der Waals surface area contributed by atoms with Crippen molar-refractivity contribution < 1.29 is 17.9 Å². The highest BCUT2D eigenvalue weighted by Gasteiger charge is 2.30. The van der Waals surface area contributed by atoms with Crippen LogP contribution in [0.4, 0.5) is 16.2 Å². The van der Waals surface area contributed by atoms with E-state index in [4.69, 9.17) is 10.5 Å². The maximum Gasteiger partial charge on any atom is 0.410 e. The number of sulfonamides is 1. The minimum atomic E-state index is -3.65. The van der Waals surface area contributed by atoms with Crippen LogP contribution < -0.4 is 10.6 Å². The number of piperazine rings is 1. The second-order valence-electron chi connectivity index (χ2n) is 7.77. The van der Waals surface area contributed by atoms with Crippen molar-refractivity contribution in [3.63, 3.8) is 0 Å². The van der Waals surface area contributed by atoms with Gasteiger partial charge >= 0.3 is 6.09 Å². The third-order valence-electron chi connectivity index (χ3n) is 4.58. The molecular formula is C19H32N4O4S. The molecule has 9 heteroatoms. The molecule has 0 saturated carbocycles. The molecule has 8 nitrogen and oxygen atoms in total. The zero-order valence-electron chi connectivity index (χ0n) is 17.4. The van der Waals surface area contributed by atoms with Crippen molar-refractivity contribution in [2.24, 2.45) is 0 Å². The van der Waals surface area contributed by atoms with Crippen molar-refractivity contribution in [2.75, 3.05) is 49.9 Å². The van der Waals surface area contributed by atoms with Gasteiger partial charge in [-0.05, 0) is 39.0 Å². The minimum absolute atomic E-state index is 0.210. The zero-order valence-corrected chi connectivity index (χ0v) is 18.3. The van der Waals surface area contributed by atoms with Crippen LogP contribution in [0.3, 0.4) is 0 Å². The Hall–Kier alpha value is -2.00. The molecule has 2 rings (SSSR count). The maximum atomic E-state index is 13.1. The standard InChI is InChI=1S/C19H32N4O4S/c1-6-23(7-2)28(25,26)17-14-15(20)8-9-16(17)21-10-12-22(13-11-21)18(24)27-19(3,4)5/h8-9,14H,6-7,10-13,20H2,1-5H3. The van der Waals surface area contributed by atoms with Gasteiger partial charge in [-0.3, -0.25) is 0 Å².